The van der Waals surface area contributed by atoms with E-state index < -0.39 is 10.0 Å². The number of sulfonamides is 1. The zero-order valence-electron chi connectivity index (χ0n) is 12.0. The van der Waals surface area contributed by atoms with Crippen molar-refractivity contribution in [3.8, 4) is 0 Å². The fourth-order valence-corrected chi connectivity index (χ4v) is 4.78. The molecule has 118 valence electrons. The minimum absolute atomic E-state index is 0.138. The van der Waals surface area contributed by atoms with E-state index in [0.29, 0.717) is 17.3 Å². The summed E-state index contributed by atoms with van der Waals surface area (Å²) in [5.74, 6) is -0.138. The molecule has 7 heteroatoms. The molecule has 0 saturated carbocycles. The van der Waals surface area contributed by atoms with Crippen LogP contribution in [0.2, 0.25) is 5.02 Å². The third-order valence-corrected chi connectivity index (χ3v) is 5.91. The Morgan fingerprint density at radius 3 is 2.91 bits per heavy atom. The van der Waals surface area contributed by atoms with E-state index in [1.165, 1.54) is 6.26 Å². The van der Waals surface area contributed by atoms with Gasteiger partial charge in [0, 0.05) is 23.7 Å². The largest absolute Gasteiger partial charge is 0.364 e. The molecule has 1 aromatic heterocycles. The Balaban J connectivity index is 1.89. The van der Waals surface area contributed by atoms with E-state index in [2.05, 4.69) is 5.16 Å². The maximum Gasteiger partial charge on any atom is 0.220 e. The summed E-state index contributed by atoms with van der Waals surface area (Å²) in [4.78, 5) is 0. The van der Waals surface area contributed by atoms with Gasteiger partial charge in [-0.2, -0.15) is 4.31 Å². The maximum atomic E-state index is 12.7. The molecule has 1 unspecified atom stereocenters. The van der Waals surface area contributed by atoms with Crippen molar-refractivity contribution < 1.29 is 12.9 Å². The average Bonchev–Trinajstić information content (AvgIpc) is 2.99. The maximum absolute atomic E-state index is 12.7. The monoisotopic (exact) mass is 340 g/mol. The molecular weight excluding hydrogens is 324 g/mol. The predicted molar refractivity (Wildman–Crippen MR) is 83.9 cm³/mol. The smallest absolute Gasteiger partial charge is 0.220 e. The number of hydrogen-bond donors (Lipinski definition) is 0. The minimum atomic E-state index is -3.45. The highest BCUT2D eigenvalue weighted by Gasteiger charge is 2.33. The molecule has 0 spiro atoms. The first-order valence-electron chi connectivity index (χ1n) is 7.20. The number of benzene rings is 1. The number of aromatic nitrogens is 1. The van der Waals surface area contributed by atoms with E-state index in [4.69, 9.17) is 16.1 Å². The van der Waals surface area contributed by atoms with Crippen molar-refractivity contribution in [3.63, 3.8) is 0 Å². The summed E-state index contributed by atoms with van der Waals surface area (Å²) >= 11 is 6.05. The van der Waals surface area contributed by atoms with Crippen LogP contribution in [0.25, 0.3) is 0 Å². The molecule has 0 N–H and O–H groups in total. The Hall–Kier alpha value is -1.37. The van der Waals surface area contributed by atoms with Gasteiger partial charge in [0.05, 0.1) is 5.69 Å². The third kappa shape index (κ3) is 3.34. The lowest BCUT2D eigenvalue weighted by Crippen LogP contribution is -2.39. The van der Waals surface area contributed by atoms with Crippen LogP contribution in [0.5, 0.6) is 0 Å². The van der Waals surface area contributed by atoms with E-state index in [0.717, 1.165) is 24.8 Å². The van der Waals surface area contributed by atoms with Crippen LogP contribution in [-0.4, -0.2) is 24.4 Å². The topological polar surface area (TPSA) is 63.4 Å². The summed E-state index contributed by atoms with van der Waals surface area (Å²) in [6, 6.07) is 8.84. The average molecular weight is 341 g/mol. The summed E-state index contributed by atoms with van der Waals surface area (Å²) in [5, 5.41) is 4.33. The van der Waals surface area contributed by atoms with Crippen LogP contribution in [0.4, 0.5) is 0 Å². The molecule has 5 nitrogen and oxygen atoms in total. The molecule has 1 atom stereocenters. The van der Waals surface area contributed by atoms with E-state index in [1.807, 2.05) is 18.2 Å². The second kappa shape index (κ2) is 6.40. The minimum Gasteiger partial charge on any atom is -0.364 e. The normalized spacial score (nSPS) is 20.1. The van der Waals surface area contributed by atoms with Crippen LogP contribution in [0.15, 0.2) is 41.1 Å². The third-order valence-electron chi connectivity index (χ3n) is 3.87. The van der Waals surface area contributed by atoms with Gasteiger partial charge in [-0.05, 0) is 30.5 Å². The zero-order valence-corrected chi connectivity index (χ0v) is 13.6. The van der Waals surface area contributed by atoms with E-state index >= 15 is 0 Å². The van der Waals surface area contributed by atoms with Gasteiger partial charge in [0.1, 0.15) is 12.0 Å². The van der Waals surface area contributed by atoms with Crippen molar-refractivity contribution >= 4 is 21.6 Å². The molecule has 0 amide bonds. The SMILES string of the molecule is O=S(=O)(Cc1ccon1)N1CCCCC1c1cccc(Cl)c1. The number of rotatable bonds is 4. The molecule has 1 aromatic carbocycles. The molecule has 22 heavy (non-hydrogen) atoms. The standard InChI is InChI=1S/C15H17ClN2O3S/c16-13-5-3-4-12(10-13)15-6-1-2-8-18(15)22(19,20)11-14-7-9-21-17-14/h3-5,7,9-10,15H,1-2,6,8,11H2. The Morgan fingerprint density at radius 1 is 1.32 bits per heavy atom. The summed E-state index contributed by atoms with van der Waals surface area (Å²) in [7, 11) is -3.45. The Labute approximate surface area is 134 Å². The summed E-state index contributed by atoms with van der Waals surface area (Å²) in [5.41, 5.74) is 1.37. The molecule has 0 aliphatic carbocycles. The first kappa shape index (κ1) is 15.5. The van der Waals surface area contributed by atoms with E-state index in [9.17, 15) is 8.42 Å². The van der Waals surface area contributed by atoms with Crippen LogP contribution in [-0.2, 0) is 15.8 Å². The second-order valence-electron chi connectivity index (χ2n) is 5.42. The lowest BCUT2D eigenvalue weighted by atomic mass is 9.98. The van der Waals surface area contributed by atoms with Gasteiger partial charge in [0.25, 0.3) is 0 Å². The van der Waals surface area contributed by atoms with Crippen LogP contribution in [0, 0.1) is 0 Å². The van der Waals surface area contributed by atoms with Crippen molar-refractivity contribution in [2.75, 3.05) is 6.54 Å². The lowest BCUT2D eigenvalue weighted by molar-refractivity contribution is 0.255. The molecule has 3 rings (SSSR count). The van der Waals surface area contributed by atoms with Gasteiger partial charge in [0.2, 0.25) is 10.0 Å². The number of halogens is 1. The number of hydrogen-bond acceptors (Lipinski definition) is 4. The van der Waals surface area contributed by atoms with Gasteiger partial charge in [-0.25, -0.2) is 8.42 Å². The first-order valence-corrected chi connectivity index (χ1v) is 9.19. The molecular formula is C15H17ClN2O3S. The molecule has 0 radical (unpaired) electrons. The van der Waals surface area contributed by atoms with Crippen LogP contribution in [0.1, 0.15) is 36.6 Å². The summed E-state index contributed by atoms with van der Waals surface area (Å²) < 4.78 is 31.8. The van der Waals surface area contributed by atoms with Crippen molar-refractivity contribution in [3.05, 3.63) is 52.9 Å². The van der Waals surface area contributed by atoms with Crippen molar-refractivity contribution in [1.29, 1.82) is 0 Å². The number of nitrogens with zero attached hydrogens (tertiary/aromatic N) is 2. The number of piperidine rings is 1. The van der Waals surface area contributed by atoms with Crippen LogP contribution >= 0.6 is 11.6 Å². The fraction of sp³-hybridized carbons (Fsp3) is 0.400. The van der Waals surface area contributed by atoms with E-state index in [1.54, 1.807) is 16.4 Å². The highest BCUT2D eigenvalue weighted by molar-refractivity contribution is 7.88. The predicted octanol–water partition coefficient (Wildman–Crippen LogP) is 3.39. The van der Waals surface area contributed by atoms with Gasteiger partial charge >= 0.3 is 0 Å². The lowest BCUT2D eigenvalue weighted by Gasteiger charge is -2.35. The van der Waals surface area contributed by atoms with Gasteiger partial charge in [-0.3, -0.25) is 0 Å². The van der Waals surface area contributed by atoms with Gasteiger partial charge in [-0.1, -0.05) is 35.3 Å². The molecule has 1 aliphatic rings. The highest BCUT2D eigenvalue weighted by atomic mass is 35.5. The first-order chi connectivity index (χ1) is 10.6. The Bertz CT molecular complexity index is 731. The van der Waals surface area contributed by atoms with Crippen molar-refractivity contribution in [1.82, 2.24) is 9.46 Å². The van der Waals surface area contributed by atoms with Gasteiger partial charge < -0.3 is 4.52 Å². The second-order valence-corrected chi connectivity index (χ2v) is 7.78. The van der Waals surface area contributed by atoms with Crippen molar-refractivity contribution in [2.24, 2.45) is 0 Å². The van der Waals surface area contributed by atoms with Gasteiger partial charge in [-0.15, -0.1) is 0 Å². The van der Waals surface area contributed by atoms with Crippen molar-refractivity contribution in [2.45, 2.75) is 31.1 Å². The van der Waals surface area contributed by atoms with Gasteiger partial charge in [0.15, 0.2) is 0 Å². The van der Waals surface area contributed by atoms with E-state index in [-0.39, 0.29) is 11.8 Å². The molecule has 2 aromatic rings. The zero-order chi connectivity index (χ0) is 15.6. The summed E-state index contributed by atoms with van der Waals surface area (Å²) in [6.07, 6.45) is 4.07. The molecule has 0 bridgehead atoms. The summed E-state index contributed by atoms with van der Waals surface area (Å²) in [6.45, 7) is 0.525. The fourth-order valence-electron chi connectivity index (χ4n) is 2.87. The van der Waals surface area contributed by atoms with Crippen LogP contribution in [0.3, 0.4) is 0 Å². The Kier molecular flexibility index (Phi) is 4.52. The molecule has 1 saturated heterocycles. The van der Waals surface area contributed by atoms with Crippen LogP contribution < -0.4 is 0 Å². The molecule has 1 fully saturated rings. The Morgan fingerprint density at radius 2 is 2.18 bits per heavy atom. The highest BCUT2D eigenvalue weighted by Crippen LogP contribution is 2.34. The molecule has 1 aliphatic heterocycles. The molecule has 2 heterocycles. The quantitative estimate of drug-likeness (QED) is 0.855.